The van der Waals surface area contributed by atoms with E-state index in [9.17, 15) is 9.90 Å². The Morgan fingerprint density at radius 2 is 2.08 bits per heavy atom. The van der Waals surface area contributed by atoms with Crippen LogP contribution in [0.15, 0.2) is 0 Å². The Bertz CT molecular complexity index is 570. The number of aliphatic hydroxyl groups excluding tert-OH is 1. The van der Waals surface area contributed by atoms with Crippen molar-refractivity contribution in [1.82, 2.24) is 20.0 Å². The second-order valence-corrected chi connectivity index (χ2v) is 7.32. The monoisotopic (exact) mass is 336 g/mol. The minimum absolute atomic E-state index is 0.0397. The first kappa shape index (κ1) is 18.8. The fourth-order valence-electron chi connectivity index (χ4n) is 3.63. The molecule has 1 fully saturated rings. The zero-order valence-corrected chi connectivity index (χ0v) is 15.7. The summed E-state index contributed by atoms with van der Waals surface area (Å²) in [5.74, 6) is 0.201. The van der Waals surface area contributed by atoms with Crippen molar-refractivity contribution in [1.29, 1.82) is 0 Å². The summed E-state index contributed by atoms with van der Waals surface area (Å²) < 4.78 is 1.88. The average molecular weight is 336 g/mol. The Morgan fingerprint density at radius 1 is 1.42 bits per heavy atom. The van der Waals surface area contributed by atoms with Gasteiger partial charge in [-0.05, 0) is 45.6 Å². The minimum atomic E-state index is -0.271. The van der Waals surface area contributed by atoms with E-state index in [2.05, 4.69) is 17.3 Å². The largest absolute Gasteiger partial charge is 0.393 e. The molecule has 136 valence electrons. The molecule has 24 heavy (non-hydrogen) atoms. The Hall–Kier alpha value is -1.56. The molecular weight excluding hydrogens is 304 g/mol. The lowest BCUT2D eigenvalue weighted by molar-refractivity contribution is 0.0563. The molecule has 2 rings (SSSR count). The number of urea groups is 1. The number of aromatic nitrogens is 2. The van der Waals surface area contributed by atoms with Crippen LogP contribution in [-0.2, 0) is 13.5 Å². The van der Waals surface area contributed by atoms with E-state index in [1.54, 1.807) is 4.90 Å². The number of nitrogens with one attached hydrogen (secondary N) is 1. The quantitative estimate of drug-likeness (QED) is 0.866. The van der Waals surface area contributed by atoms with Crippen molar-refractivity contribution in [3.63, 3.8) is 0 Å². The van der Waals surface area contributed by atoms with Crippen LogP contribution < -0.4 is 5.32 Å². The molecule has 6 nitrogen and oxygen atoms in total. The molecule has 3 atom stereocenters. The van der Waals surface area contributed by atoms with Gasteiger partial charge in [0.05, 0.1) is 11.8 Å². The van der Waals surface area contributed by atoms with Crippen LogP contribution in [0.5, 0.6) is 0 Å². The molecule has 1 aromatic rings. The van der Waals surface area contributed by atoms with Crippen molar-refractivity contribution < 1.29 is 9.90 Å². The van der Waals surface area contributed by atoms with Gasteiger partial charge in [-0.15, -0.1) is 0 Å². The van der Waals surface area contributed by atoms with Crippen LogP contribution in [0.2, 0.25) is 0 Å². The zero-order chi connectivity index (χ0) is 17.9. The van der Waals surface area contributed by atoms with Gasteiger partial charge in [-0.2, -0.15) is 5.10 Å². The van der Waals surface area contributed by atoms with Gasteiger partial charge >= 0.3 is 6.03 Å². The van der Waals surface area contributed by atoms with Gasteiger partial charge in [-0.1, -0.05) is 12.8 Å². The van der Waals surface area contributed by atoms with Crippen LogP contribution in [0.1, 0.15) is 49.6 Å². The number of hydrogen-bond acceptors (Lipinski definition) is 3. The van der Waals surface area contributed by atoms with E-state index in [4.69, 9.17) is 0 Å². The second-order valence-electron chi connectivity index (χ2n) is 7.32. The summed E-state index contributed by atoms with van der Waals surface area (Å²) in [6.07, 6.45) is 4.60. The molecule has 2 N–H and O–H groups in total. The number of carbonyl (C=O) groups is 1. The van der Waals surface area contributed by atoms with Crippen molar-refractivity contribution >= 4 is 6.03 Å². The normalized spacial score (nSPS) is 22.2. The van der Waals surface area contributed by atoms with Crippen molar-refractivity contribution in [3.8, 4) is 0 Å². The summed E-state index contributed by atoms with van der Waals surface area (Å²) in [5.41, 5.74) is 3.37. The fraction of sp³-hybridized carbons (Fsp3) is 0.778. The lowest BCUT2D eigenvalue weighted by Crippen LogP contribution is -2.46. The minimum Gasteiger partial charge on any atom is -0.393 e. The Kier molecular flexibility index (Phi) is 6.27. The maximum absolute atomic E-state index is 12.4. The molecule has 1 aliphatic carbocycles. The third-order valence-corrected chi connectivity index (χ3v) is 5.26. The van der Waals surface area contributed by atoms with Gasteiger partial charge in [0, 0.05) is 38.3 Å². The zero-order valence-electron chi connectivity index (χ0n) is 15.7. The highest BCUT2D eigenvalue weighted by Gasteiger charge is 2.26. The summed E-state index contributed by atoms with van der Waals surface area (Å²) in [7, 11) is 3.75. The van der Waals surface area contributed by atoms with Gasteiger partial charge in [0.15, 0.2) is 0 Å². The number of nitrogens with zero attached hydrogens (tertiary/aromatic N) is 3. The summed E-state index contributed by atoms with van der Waals surface area (Å²) in [6.45, 7) is 6.70. The number of aliphatic hydroxyl groups is 1. The topological polar surface area (TPSA) is 70.4 Å². The molecule has 0 unspecified atom stereocenters. The molecule has 0 saturated heterocycles. The van der Waals surface area contributed by atoms with Gasteiger partial charge in [-0.25, -0.2) is 4.79 Å². The van der Waals surface area contributed by atoms with Crippen LogP contribution in [-0.4, -0.2) is 51.6 Å². The molecule has 1 aromatic heterocycles. The molecule has 0 radical (unpaired) electrons. The van der Waals surface area contributed by atoms with E-state index < -0.39 is 0 Å². The van der Waals surface area contributed by atoms with E-state index in [-0.39, 0.29) is 24.1 Å². The first-order valence-electron chi connectivity index (χ1n) is 8.98. The van der Waals surface area contributed by atoms with E-state index in [0.717, 1.165) is 43.5 Å². The summed E-state index contributed by atoms with van der Waals surface area (Å²) in [6, 6.07) is -0.0303. The molecule has 1 saturated carbocycles. The Labute approximate surface area is 145 Å². The summed E-state index contributed by atoms with van der Waals surface area (Å²) in [5, 5.41) is 17.6. The molecule has 6 heteroatoms. The average Bonchev–Trinajstić information content (AvgIpc) is 2.75. The molecule has 1 heterocycles. The number of aryl methyl sites for hydroxylation is 2. The van der Waals surface area contributed by atoms with E-state index in [0.29, 0.717) is 6.54 Å². The lowest BCUT2D eigenvalue weighted by Gasteiger charge is -2.31. The van der Waals surface area contributed by atoms with Gasteiger partial charge in [-0.3, -0.25) is 4.68 Å². The summed E-state index contributed by atoms with van der Waals surface area (Å²) in [4.78, 5) is 14.1. The fourth-order valence-corrected chi connectivity index (χ4v) is 3.63. The van der Waals surface area contributed by atoms with E-state index in [1.807, 2.05) is 32.6 Å². The predicted molar refractivity (Wildman–Crippen MR) is 95.0 cm³/mol. The van der Waals surface area contributed by atoms with Crippen LogP contribution in [0.4, 0.5) is 4.79 Å². The highest BCUT2D eigenvalue weighted by molar-refractivity contribution is 5.74. The van der Waals surface area contributed by atoms with Crippen molar-refractivity contribution in [2.24, 2.45) is 13.0 Å². The third-order valence-electron chi connectivity index (χ3n) is 5.26. The van der Waals surface area contributed by atoms with Crippen LogP contribution >= 0.6 is 0 Å². The highest BCUT2D eigenvalue weighted by Crippen LogP contribution is 2.24. The van der Waals surface area contributed by atoms with E-state index >= 15 is 0 Å². The highest BCUT2D eigenvalue weighted by atomic mass is 16.3. The SMILES string of the molecule is Cc1nn(C)c(C)c1C[C@H](C)NC(=O)N(C)C[C@H]1CCCC[C@H]1O. The maximum Gasteiger partial charge on any atom is 0.317 e. The molecule has 0 aromatic carbocycles. The number of hydrogen-bond donors (Lipinski definition) is 2. The predicted octanol–water partition coefficient (Wildman–Crippen LogP) is 2.16. The first-order valence-corrected chi connectivity index (χ1v) is 8.98. The van der Waals surface area contributed by atoms with Crippen molar-refractivity contribution in [2.45, 2.75) is 65.0 Å². The second kappa shape index (κ2) is 8.01. The number of carbonyl (C=O) groups excluding carboxylic acids is 1. The standard InChI is InChI=1S/C18H32N4O2/c1-12(10-16-13(2)20-22(5)14(16)3)19-18(24)21(4)11-15-8-6-7-9-17(15)23/h12,15,17,23H,6-11H2,1-5H3,(H,19,24)/t12-,15+,17+/m0/s1. The Morgan fingerprint density at radius 3 is 2.67 bits per heavy atom. The first-order chi connectivity index (χ1) is 11.3. The van der Waals surface area contributed by atoms with Crippen LogP contribution in [0, 0.1) is 19.8 Å². The molecule has 1 aliphatic rings. The van der Waals surface area contributed by atoms with E-state index in [1.165, 1.54) is 5.56 Å². The Balaban J connectivity index is 1.86. The lowest BCUT2D eigenvalue weighted by atomic mass is 9.86. The summed E-state index contributed by atoms with van der Waals surface area (Å²) >= 11 is 0. The third kappa shape index (κ3) is 4.50. The van der Waals surface area contributed by atoms with Crippen molar-refractivity contribution in [3.05, 3.63) is 17.0 Å². The van der Waals surface area contributed by atoms with Crippen LogP contribution in [0.25, 0.3) is 0 Å². The number of amides is 2. The van der Waals surface area contributed by atoms with Crippen LogP contribution in [0.3, 0.4) is 0 Å². The molecule has 0 aliphatic heterocycles. The molecule has 0 bridgehead atoms. The molecule has 2 amide bonds. The van der Waals surface area contributed by atoms with Gasteiger partial charge in [0.2, 0.25) is 0 Å². The van der Waals surface area contributed by atoms with Gasteiger partial charge < -0.3 is 15.3 Å². The van der Waals surface area contributed by atoms with Gasteiger partial charge in [0.1, 0.15) is 0 Å². The van der Waals surface area contributed by atoms with Gasteiger partial charge in [0.25, 0.3) is 0 Å². The van der Waals surface area contributed by atoms with Crippen molar-refractivity contribution in [2.75, 3.05) is 13.6 Å². The smallest absolute Gasteiger partial charge is 0.317 e. The molecular formula is C18H32N4O2. The molecule has 0 spiro atoms. The maximum atomic E-state index is 12.4. The number of rotatable bonds is 5.